The number of hydrogen-bond acceptors (Lipinski definition) is 7. The lowest BCUT2D eigenvalue weighted by Crippen LogP contribution is -2.46. The standard InChI is InChI=1S/C23H29N2O5P/c1-5-27-31(26,28-6-2)22-23(25-14-16(3)29-17(4)15-25)30-21(24-22)20-13-9-11-18-10-7-8-12-19(18)20/h7-13,16-17H,5-6,14-15H2,1-4H3. The van der Waals surface area contributed by atoms with Crippen LogP contribution in [-0.4, -0.2) is 43.5 Å². The number of morpholine rings is 1. The van der Waals surface area contributed by atoms with Gasteiger partial charge >= 0.3 is 7.60 Å². The molecule has 0 radical (unpaired) electrons. The van der Waals surface area contributed by atoms with Gasteiger partial charge in [0, 0.05) is 18.7 Å². The zero-order valence-electron chi connectivity index (χ0n) is 18.4. The Balaban J connectivity index is 1.88. The van der Waals surface area contributed by atoms with Crippen LogP contribution in [0.5, 0.6) is 0 Å². The Kier molecular flexibility index (Phi) is 6.49. The number of fused-ring (bicyclic) bond motifs is 1. The van der Waals surface area contributed by atoms with Gasteiger partial charge in [-0.05, 0) is 44.5 Å². The SMILES string of the molecule is CCOP(=O)(OCC)c1nc(-c2cccc3ccccc23)oc1N1CC(C)OC(C)C1. The fraction of sp³-hybridized carbons (Fsp3) is 0.435. The van der Waals surface area contributed by atoms with Crippen LogP contribution in [-0.2, 0) is 18.3 Å². The number of hydrogen-bond donors (Lipinski definition) is 0. The van der Waals surface area contributed by atoms with E-state index in [0.29, 0.717) is 24.9 Å². The second-order valence-electron chi connectivity index (χ2n) is 7.67. The van der Waals surface area contributed by atoms with E-state index in [1.165, 1.54) is 0 Å². The Bertz CT molecular complexity index is 1070. The van der Waals surface area contributed by atoms with Gasteiger partial charge in [-0.3, -0.25) is 4.57 Å². The van der Waals surface area contributed by atoms with Gasteiger partial charge in [-0.1, -0.05) is 36.4 Å². The van der Waals surface area contributed by atoms with Crippen LogP contribution >= 0.6 is 7.60 Å². The van der Waals surface area contributed by atoms with Gasteiger partial charge in [0.15, 0.2) is 0 Å². The molecule has 2 unspecified atom stereocenters. The summed E-state index contributed by atoms with van der Waals surface area (Å²) in [6, 6.07) is 14.0. The summed E-state index contributed by atoms with van der Waals surface area (Å²) in [4.78, 5) is 6.73. The van der Waals surface area contributed by atoms with Crippen molar-refractivity contribution in [3.05, 3.63) is 42.5 Å². The molecule has 2 atom stereocenters. The normalized spacial score (nSPS) is 19.8. The Morgan fingerprint density at radius 3 is 2.35 bits per heavy atom. The summed E-state index contributed by atoms with van der Waals surface area (Å²) in [7, 11) is -3.66. The Morgan fingerprint density at radius 2 is 1.68 bits per heavy atom. The fourth-order valence-corrected chi connectivity index (χ4v) is 5.69. The largest absolute Gasteiger partial charge is 0.419 e. The first kappa shape index (κ1) is 22.0. The maximum absolute atomic E-state index is 13.7. The van der Waals surface area contributed by atoms with Gasteiger partial charge < -0.3 is 23.1 Å². The number of oxazole rings is 1. The molecule has 7 nitrogen and oxygen atoms in total. The molecule has 1 aromatic heterocycles. The second-order valence-corrected chi connectivity index (χ2v) is 9.60. The summed E-state index contributed by atoms with van der Waals surface area (Å²) in [6.07, 6.45) is 0.00237. The van der Waals surface area contributed by atoms with Gasteiger partial charge in [-0.25, -0.2) is 0 Å². The Morgan fingerprint density at radius 1 is 1.03 bits per heavy atom. The molecule has 0 spiro atoms. The van der Waals surface area contributed by atoms with E-state index in [2.05, 4.69) is 0 Å². The molecule has 0 amide bonds. The molecular weight excluding hydrogens is 415 g/mol. The van der Waals surface area contributed by atoms with Crippen LogP contribution < -0.4 is 10.3 Å². The highest BCUT2D eigenvalue weighted by Crippen LogP contribution is 2.50. The number of nitrogens with zero attached hydrogens (tertiary/aromatic N) is 2. The number of benzene rings is 2. The van der Waals surface area contributed by atoms with E-state index in [1.807, 2.05) is 61.2 Å². The number of aromatic nitrogens is 1. The van der Waals surface area contributed by atoms with Gasteiger partial charge in [0.25, 0.3) is 0 Å². The molecule has 1 saturated heterocycles. The minimum atomic E-state index is -3.66. The molecule has 4 rings (SSSR count). The monoisotopic (exact) mass is 444 g/mol. The molecule has 0 N–H and O–H groups in total. The van der Waals surface area contributed by atoms with E-state index < -0.39 is 7.60 Å². The second kappa shape index (κ2) is 9.13. The van der Waals surface area contributed by atoms with Crippen molar-refractivity contribution in [1.82, 2.24) is 4.98 Å². The van der Waals surface area contributed by atoms with Crippen LogP contribution in [0.3, 0.4) is 0 Å². The molecule has 0 aliphatic carbocycles. The van der Waals surface area contributed by atoms with E-state index in [0.717, 1.165) is 16.3 Å². The van der Waals surface area contributed by atoms with E-state index >= 15 is 0 Å². The number of anilines is 1. The van der Waals surface area contributed by atoms with Crippen molar-refractivity contribution < 1.29 is 22.8 Å². The van der Waals surface area contributed by atoms with Crippen molar-refractivity contribution in [2.24, 2.45) is 0 Å². The lowest BCUT2D eigenvalue weighted by Gasteiger charge is -2.35. The Hall–Kier alpha value is -2.18. The smallest absolute Gasteiger partial charge is 0.385 e. The average molecular weight is 444 g/mol. The molecule has 0 bridgehead atoms. The van der Waals surface area contributed by atoms with Gasteiger partial charge in [0.05, 0.1) is 25.4 Å². The third-order valence-electron chi connectivity index (χ3n) is 5.18. The lowest BCUT2D eigenvalue weighted by atomic mass is 10.0. The summed E-state index contributed by atoms with van der Waals surface area (Å²) < 4.78 is 37.2. The van der Waals surface area contributed by atoms with Gasteiger partial charge in [-0.2, -0.15) is 4.98 Å². The van der Waals surface area contributed by atoms with Crippen LogP contribution in [0.2, 0.25) is 0 Å². The van der Waals surface area contributed by atoms with Gasteiger partial charge in [0.2, 0.25) is 17.2 Å². The van der Waals surface area contributed by atoms with Crippen molar-refractivity contribution in [2.75, 3.05) is 31.2 Å². The quantitative estimate of drug-likeness (QED) is 0.475. The highest BCUT2D eigenvalue weighted by molar-refractivity contribution is 7.62. The van der Waals surface area contributed by atoms with Crippen LogP contribution in [0.25, 0.3) is 22.2 Å². The van der Waals surface area contributed by atoms with Crippen molar-refractivity contribution in [3.8, 4) is 11.5 Å². The maximum atomic E-state index is 13.7. The molecule has 166 valence electrons. The summed E-state index contributed by atoms with van der Waals surface area (Å²) in [5, 5.41) is 2.09. The minimum Gasteiger partial charge on any atom is -0.419 e. The van der Waals surface area contributed by atoms with Gasteiger partial charge in [0.1, 0.15) is 0 Å². The van der Waals surface area contributed by atoms with Crippen LogP contribution in [0, 0.1) is 0 Å². The molecule has 31 heavy (non-hydrogen) atoms. The Labute approximate surface area is 182 Å². The summed E-state index contributed by atoms with van der Waals surface area (Å²) >= 11 is 0. The highest BCUT2D eigenvalue weighted by Gasteiger charge is 2.39. The maximum Gasteiger partial charge on any atom is 0.385 e. The van der Waals surface area contributed by atoms with Crippen LogP contribution in [0.15, 0.2) is 46.9 Å². The van der Waals surface area contributed by atoms with E-state index in [9.17, 15) is 4.57 Å². The van der Waals surface area contributed by atoms with E-state index in [-0.39, 0.29) is 30.9 Å². The molecule has 2 aromatic carbocycles. The zero-order valence-corrected chi connectivity index (χ0v) is 19.3. The summed E-state index contributed by atoms with van der Waals surface area (Å²) in [5.74, 6) is 0.823. The first-order valence-electron chi connectivity index (χ1n) is 10.7. The number of rotatable bonds is 7. The van der Waals surface area contributed by atoms with E-state index in [4.69, 9.17) is 23.2 Å². The first-order chi connectivity index (χ1) is 14.9. The average Bonchev–Trinajstić information content (AvgIpc) is 3.19. The van der Waals surface area contributed by atoms with Crippen molar-refractivity contribution in [3.63, 3.8) is 0 Å². The predicted molar refractivity (Wildman–Crippen MR) is 122 cm³/mol. The molecule has 3 aromatic rings. The predicted octanol–water partition coefficient (Wildman–Crippen LogP) is 5.00. The fourth-order valence-electron chi connectivity index (χ4n) is 4.06. The van der Waals surface area contributed by atoms with Crippen LogP contribution in [0.1, 0.15) is 27.7 Å². The highest BCUT2D eigenvalue weighted by atomic mass is 31.2. The van der Waals surface area contributed by atoms with E-state index in [1.54, 1.807) is 13.8 Å². The van der Waals surface area contributed by atoms with Crippen molar-refractivity contribution >= 4 is 29.7 Å². The van der Waals surface area contributed by atoms with Crippen molar-refractivity contribution in [1.29, 1.82) is 0 Å². The molecule has 0 saturated carbocycles. The molecule has 1 aliphatic rings. The molecular formula is C23H29N2O5P. The summed E-state index contributed by atoms with van der Waals surface area (Å²) in [6.45, 7) is 9.27. The molecule has 1 fully saturated rings. The third kappa shape index (κ3) is 4.41. The molecule has 2 heterocycles. The topological polar surface area (TPSA) is 74.0 Å². The first-order valence-corrected chi connectivity index (χ1v) is 12.3. The summed E-state index contributed by atoms with van der Waals surface area (Å²) in [5.41, 5.74) is 1.06. The van der Waals surface area contributed by atoms with Crippen LogP contribution in [0.4, 0.5) is 5.88 Å². The van der Waals surface area contributed by atoms with Crippen molar-refractivity contribution in [2.45, 2.75) is 39.9 Å². The third-order valence-corrected chi connectivity index (χ3v) is 7.18. The number of ether oxygens (including phenoxy) is 1. The molecule has 8 heteroatoms. The lowest BCUT2D eigenvalue weighted by molar-refractivity contribution is -0.00632. The minimum absolute atomic E-state index is 0.00118. The zero-order chi connectivity index (χ0) is 22.0. The molecule has 1 aliphatic heterocycles. The van der Waals surface area contributed by atoms with Gasteiger partial charge in [-0.15, -0.1) is 0 Å².